The number of anilines is 1. The number of piperidine rings is 3. The molecule has 0 saturated carbocycles. The Morgan fingerprint density at radius 2 is 1.37 bits per heavy atom. The van der Waals surface area contributed by atoms with Crippen molar-refractivity contribution in [2.45, 2.75) is 57.7 Å². The van der Waals surface area contributed by atoms with Crippen molar-refractivity contribution in [3.8, 4) is 28.0 Å². The number of phenolic OH excluding ortho intramolecular Hbond substituents is 1. The first kappa shape index (κ1) is 37.9. The van der Waals surface area contributed by atoms with E-state index in [1.807, 2.05) is 30.3 Å². The molecule has 0 aliphatic carbocycles. The van der Waals surface area contributed by atoms with Crippen molar-refractivity contribution in [1.82, 2.24) is 20.0 Å². The van der Waals surface area contributed by atoms with Crippen molar-refractivity contribution in [1.29, 1.82) is 0 Å². The number of hydrogen-bond donors (Lipinski definition) is 2. The molecule has 5 amide bonds. The Balaban J connectivity index is 0.721. The molecule has 5 aromatic rings. The van der Waals surface area contributed by atoms with Gasteiger partial charge in [-0.25, -0.2) is 0 Å². The number of rotatable bonds is 7. The van der Waals surface area contributed by atoms with E-state index in [-0.39, 0.29) is 36.3 Å². The first-order chi connectivity index (χ1) is 29.2. The van der Waals surface area contributed by atoms with Gasteiger partial charge < -0.3 is 14.9 Å². The van der Waals surface area contributed by atoms with Crippen LogP contribution in [0, 0.1) is 11.8 Å². The number of likely N-dealkylation sites (tertiary alicyclic amines) is 1. The largest absolute Gasteiger partial charge is 0.508 e. The van der Waals surface area contributed by atoms with Gasteiger partial charge in [0.1, 0.15) is 11.8 Å². The van der Waals surface area contributed by atoms with Crippen LogP contribution in [-0.2, 0) is 27.5 Å². The maximum atomic E-state index is 13.8. The maximum absolute atomic E-state index is 13.8. The van der Waals surface area contributed by atoms with Gasteiger partial charge in [-0.1, -0.05) is 60.7 Å². The molecule has 11 nitrogen and oxygen atoms in total. The molecule has 5 aromatic carbocycles. The Hall–Kier alpha value is -6.33. The highest BCUT2D eigenvalue weighted by molar-refractivity contribution is 6.23. The normalized spacial score (nSPS) is 20.2. The van der Waals surface area contributed by atoms with Crippen molar-refractivity contribution in [3.63, 3.8) is 0 Å². The average molecular weight is 802 g/mol. The van der Waals surface area contributed by atoms with E-state index < -0.39 is 23.8 Å². The fourth-order valence-electron chi connectivity index (χ4n) is 10.2. The zero-order chi connectivity index (χ0) is 41.1. The van der Waals surface area contributed by atoms with Crippen molar-refractivity contribution in [2.24, 2.45) is 11.8 Å². The lowest BCUT2D eigenvalue weighted by Gasteiger charge is -2.38. The SMILES string of the molecule is O=C1CCC(N2C(=O)c3cc4c(cc3C2=O)CN(CC2CCN(C(=O)C3CCN(c5ccc(-c6c(-c7ccccc7)ccc7cc(O)ccc67)cc5)CC3)CC2)C4)C(=O)N1. The third kappa shape index (κ3) is 6.90. The standard InChI is InChI=1S/C49H47N5O6/c55-38-11-13-40-34(24-38)8-12-39(31-4-2-1-3-5-31)45(40)32-6-9-37(10-7-32)52-22-18-33(19-23-52)47(58)53-20-16-30(17-21-53)27-51-28-35-25-41-42(26-36(35)29-51)49(60)54(48(41)59)43-14-15-44(56)50-46(43)57/h1-13,24-26,30,33,43,55H,14-23,27-29H2,(H,50,56,57). The second-order valence-electron chi connectivity index (χ2n) is 17.1. The number of hydrogen-bond acceptors (Lipinski definition) is 8. The van der Waals surface area contributed by atoms with Crippen LogP contribution < -0.4 is 10.2 Å². The first-order valence-electron chi connectivity index (χ1n) is 21.2. The van der Waals surface area contributed by atoms with E-state index in [4.69, 9.17) is 0 Å². The summed E-state index contributed by atoms with van der Waals surface area (Å²) in [6, 6.07) is 31.6. The van der Waals surface area contributed by atoms with Gasteiger partial charge in [0.25, 0.3) is 11.8 Å². The summed E-state index contributed by atoms with van der Waals surface area (Å²) in [6.45, 7) is 5.45. The number of phenols is 1. The van der Waals surface area contributed by atoms with E-state index >= 15 is 0 Å². The van der Waals surface area contributed by atoms with Gasteiger partial charge >= 0.3 is 0 Å². The van der Waals surface area contributed by atoms with Crippen LogP contribution in [-0.4, -0.2) is 88.1 Å². The Morgan fingerprint density at radius 1 is 0.683 bits per heavy atom. The molecule has 3 fully saturated rings. The molecule has 5 heterocycles. The monoisotopic (exact) mass is 801 g/mol. The number of nitrogens with zero attached hydrogens (tertiary/aromatic N) is 4. The number of benzene rings is 5. The summed E-state index contributed by atoms with van der Waals surface area (Å²) in [4.78, 5) is 72.4. The molecule has 0 radical (unpaired) electrons. The van der Waals surface area contributed by atoms with Crippen LogP contribution in [0.3, 0.4) is 0 Å². The predicted molar refractivity (Wildman–Crippen MR) is 228 cm³/mol. The lowest BCUT2D eigenvalue weighted by molar-refractivity contribution is -0.138. The summed E-state index contributed by atoms with van der Waals surface area (Å²) in [7, 11) is 0. The highest BCUT2D eigenvalue weighted by Crippen LogP contribution is 2.40. The Morgan fingerprint density at radius 3 is 2.03 bits per heavy atom. The van der Waals surface area contributed by atoms with Crippen molar-refractivity contribution in [2.75, 3.05) is 37.6 Å². The lowest BCUT2D eigenvalue weighted by atomic mass is 9.89. The minimum absolute atomic E-state index is 0.0315. The second kappa shape index (κ2) is 15.4. The number of imide groups is 2. The minimum Gasteiger partial charge on any atom is -0.508 e. The second-order valence-corrected chi connectivity index (χ2v) is 17.1. The number of amides is 5. The number of fused-ring (bicyclic) bond motifs is 3. The Bertz CT molecular complexity index is 2510. The van der Waals surface area contributed by atoms with E-state index in [0.29, 0.717) is 30.1 Å². The van der Waals surface area contributed by atoms with Crippen molar-refractivity contribution < 1.29 is 29.1 Å². The molecule has 1 unspecified atom stereocenters. The Labute approximate surface area is 348 Å². The number of carbonyl (C=O) groups excluding carboxylic acids is 5. The van der Waals surface area contributed by atoms with E-state index in [2.05, 4.69) is 80.7 Å². The molecule has 0 aromatic heterocycles. The Kier molecular flexibility index (Phi) is 9.71. The first-order valence-corrected chi connectivity index (χ1v) is 21.2. The van der Waals surface area contributed by atoms with Gasteiger partial charge in [0, 0.05) is 63.8 Å². The molecular weight excluding hydrogens is 755 g/mol. The molecule has 5 aliphatic heterocycles. The molecule has 60 heavy (non-hydrogen) atoms. The van der Waals surface area contributed by atoms with Gasteiger partial charge in [-0.3, -0.25) is 39.1 Å². The van der Waals surface area contributed by atoms with Crippen LogP contribution in [0.15, 0.2) is 97.1 Å². The molecule has 5 aliphatic rings. The van der Waals surface area contributed by atoms with E-state index in [1.165, 1.54) is 0 Å². The van der Waals surface area contributed by atoms with Crippen LogP contribution in [0.2, 0.25) is 0 Å². The molecule has 10 rings (SSSR count). The van der Waals surface area contributed by atoms with Crippen molar-refractivity contribution in [3.05, 3.63) is 119 Å². The molecular formula is C49H47N5O6. The third-order valence-electron chi connectivity index (χ3n) is 13.4. The molecule has 2 N–H and O–H groups in total. The van der Waals surface area contributed by atoms with Crippen molar-refractivity contribution >= 4 is 46.0 Å². The van der Waals surface area contributed by atoms with Crippen LogP contribution in [0.1, 0.15) is 70.4 Å². The van der Waals surface area contributed by atoms with E-state index in [9.17, 15) is 29.1 Å². The fraction of sp³-hybridized carbons (Fsp3) is 0.327. The topological polar surface area (TPSA) is 131 Å². The molecule has 3 saturated heterocycles. The smallest absolute Gasteiger partial charge is 0.262 e. The maximum Gasteiger partial charge on any atom is 0.262 e. The van der Waals surface area contributed by atoms with Gasteiger partial charge in [0.05, 0.1) is 11.1 Å². The van der Waals surface area contributed by atoms with Crippen LogP contribution in [0.5, 0.6) is 5.75 Å². The highest BCUT2D eigenvalue weighted by atomic mass is 16.3. The zero-order valence-corrected chi connectivity index (χ0v) is 33.4. The van der Waals surface area contributed by atoms with Crippen LogP contribution in [0.25, 0.3) is 33.0 Å². The summed E-state index contributed by atoms with van der Waals surface area (Å²) in [5, 5.41) is 14.5. The van der Waals surface area contributed by atoms with E-state index in [1.54, 1.807) is 6.07 Å². The molecule has 0 bridgehead atoms. The molecule has 304 valence electrons. The van der Waals surface area contributed by atoms with Gasteiger partial charge in [0.2, 0.25) is 17.7 Å². The summed E-state index contributed by atoms with van der Waals surface area (Å²) < 4.78 is 0. The predicted octanol–water partition coefficient (Wildman–Crippen LogP) is 6.75. The van der Waals surface area contributed by atoms with Gasteiger partial charge in [-0.05, 0) is 119 Å². The zero-order valence-electron chi connectivity index (χ0n) is 33.4. The third-order valence-corrected chi connectivity index (χ3v) is 13.4. The highest BCUT2D eigenvalue weighted by Gasteiger charge is 2.45. The molecule has 0 spiro atoms. The quantitative estimate of drug-likeness (QED) is 0.173. The van der Waals surface area contributed by atoms with Gasteiger partial charge in [-0.15, -0.1) is 0 Å². The van der Waals surface area contributed by atoms with Crippen LogP contribution in [0.4, 0.5) is 5.69 Å². The molecule has 11 heteroatoms. The lowest BCUT2D eigenvalue weighted by Crippen LogP contribution is -2.54. The summed E-state index contributed by atoms with van der Waals surface area (Å²) in [5.74, 6) is -0.913. The number of aromatic hydroxyl groups is 1. The fourth-order valence-corrected chi connectivity index (χ4v) is 10.2. The minimum atomic E-state index is -0.966. The summed E-state index contributed by atoms with van der Waals surface area (Å²) >= 11 is 0. The van der Waals surface area contributed by atoms with Gasteiger partial charge in [0.15, 0.2) is 0 Å². The van der Waals surface area contributed by atoms with Crippen LogP contribution >= 0.6 is 0 Å². The summed E-state index contributed by atoms with van der Waals surface area (Å²) in [6.07, 6.45) is 3.79. The van der Waals surface area contributed by atoms with Gasteiger partial charge in [-0.2, -0.15) is 0 Å². The molecule has 1 atom stereocenters. The number of carbonyl (C=O) groups is 5. The number of nitrogens with one attached hydrogen (secondary N) is 1. The summed E-state index contributed by atoms with van der Waals surface area (Å²) in [5.41, 5.74) is 8.43. The van der Waals surface area contributed by atoms with E-state index in [0.717, 1.165) is 113 Å². The average Bonchev–Trinajstić information content (AvgIpc) is 3.78.